The zero-order valence-corrected chi connectivity index (χ0v) is 12.3. The first-order valence-electron chi connectivity index (χ1n) is 7.12. The Balaban J connectivity index is 2.00. The molecule has 0 aliphatic carbocycles. The molecule has 0 aromatic heterocycles. The lowest BCUT2D eigenvalue weighted by Gasteiger charge is -2.13. The molecule has 0 bridgehead atoms. The van der Waals surface area contributed by atoms with Crippen LogP contribution in [0.4, 0.5) is 5.69 Å². The normalized spacial score (nSPS) is 16.1. The standard InChI is InChI=1S/C15H22N4O2/c1-21-15(20)11-4-5-12(13(16)10-11)14(17)18-6-9-19-7-2-3-8-19/h4-5,10H,2-3,6-9,16H2,1H3,(H2,17,18). The summed E-state index contributed by atoms with van der Waals surface area (Å²) in [6.45, 7) is 3.86. The Morgan fingerprint density at radius 3 is 2.71 bits per heavy atom. The fourth-order valence-corrected chi connectivity index (χ4v) is 2.44. The molecule has 6 nitrogen and oxygen atoms in total. The van der Waals surface area contributed by atoms with Crippen LogP contribution < -0.4 is 11.5 Å². The number of nitrogens with two attached hydrogens (primary N) is 2. The van der Waals surface area contributed by atoms with Crippen LogP contribution in [-0.2, 0) is 4.74 Å². The van der Waals surface area contributed by atoms with Crippen molar-refractivity contribution in [1.29, 1.82) is 0 Å². The number of likely N-dealkylation sites (tertiary alicyclic amines) is 1. The van der Waals surface area contributed by atoms with Crippen LogP contribution in [0.1, 0.15) is 28.8 Å². The SMILES string of the molecule is COC(=O)c1ccc(C(N)=NCCN2CCCC2)c(N)c1. The van der Waals surface area contributed by atoms with E-state index in [9.17, 15) is 4.79 Å². The van der Waals surface area contributed by atoms with Crippen molar-refractivity contribution in [1.82, 2.24) is 4.90 Å². The first-order valence-corrected chi connectivity index (χ1v) is 7.12. The van der Waals surface area contributed by atoms with Gasteiger partial charge in [-0.1, -0.05) is 0 Å². The first kappa shape index (κ1) is 15.3. The number of esters is 1. The maximum atomic E-state index is 11.4. The van der Waals surface area contributed by atoms with Crippen molar-refractivity contribution < 1.29 is 9.53 Å². The number of hydrogen-bond acceptors (Lipinski definition) is 5. The van der Waals surface area contributed by atoms with Crippen LogP contribution in [-0.4, -0.2) is 50.0 Å². The number of carbonyl (C=O) groups is 1. The molecule has 0 spiro atoms. The number of carbonyl (C=O) groups excluding carboxylic acids is 1. The van der Waals surface area contributed by atoms with Gasteiger partial charge in [-0.2, -0.15) is 0 Å². The Labute approximate surface area is 124 Å². The Bertz CT molecular complexity index is 536. The molecule has 2 rings (SSSR count). The van der Waals surface area contributed by atoms with E-state index in [0.717, 1.165) is 19.6 Å². The van der Waals surface area contributed by atoms with Gasteiger partial charge in [0.1, 0.15) is 5.84 Å². The highest BCUT2D eigenvalue weighted by atomic mass is 16.5. The van der Waals surface area contributed by atoms with E-state index >= 15 is 0 Å². The summed E-state index contributed by atoms with van der Waals surface area (Å²) >= 11 is 0. The van der Waals surface area contributed by atoms with Crippen LogP contribution in [0.5, 0.6) is 0 Å². The molecule has 0 unspecified atom stereocenters. The number of nitrogen functional groups attached to an aromatic ring is 1. The monoisotopic (exact) mass is 290 g/mol. The summed E-state index contributed by atoms with van der Waals surface area (Å²) in [6, 6.07) is 4.90. The van der Waals surface area contributed by atoms with Gasteiger partial charge in [-0.15, -0.1) is 0 Å². The van der Waals surface area contributed by atoms with E-state index in [1.807, 2.05) is 0 Å². The number of anilines is 1. The maximum absolute atomic E-state index is 11.4. The van der Waals surface area contributed by atoms with Gasteiger partial charge >= 0.3 is 5.97 Å². The van der Waals surface area contributed by atoms with Gasteiger partial charge in [0.05, 0.1) is 19.2 Å². The van der Waals surface area contributed by atoms with Crippen molar-refractivity contribution in [2.75, 3.05) is 39.0 Å². The quantitative estimate of drug-likeness (QED) is 0.363. The molecule has 0 saturated carbocycles. The average Bonchev–Trinajstić information content (AvgIpc) is 2.99. The number of amidine groups is 1. The zero-order valence-electron chi connectivity index (χ0n) is 12.3. The van der Waals surface area contributed by atoms with Crippen LogP contribution in [0.25, 0.3) is 0 Å². The molecule has 0 atom stereocenters. The molecule has 6 heteroatoms. The van der Waals surface area contributed by atoms with E-state index in [1.165, 1.54) is 20.0 Å². The van der Waals surface area contributed by atoms with Gasteiger partial charge in [-0.05, 0) is 44.1 Å². The van der Waals surface area contributed by atoms with Crippen molar-refractivity contribution in [2.24, 2.45) is 10.7 Å². The second-order valence-corrected chi connectivity index (χ2v) is 5.11. The van der Waals surface area contributed by atoms with E-state index in [4.69, 9.17) is 11.5 Å². The fourth-order valence-electron chi connectivity index (χ4n) is 2.44. The topological polar surface area (TPSA) is 93.9 Å². The second kappa shape index (κ2) is 7.08. The molecule has 1 heterocycles. The molecule has 4 N–H and O–H groups in total. The highest BCUT2D eigenvalue weighted by molar-refractivity contribution is 6.03. The molecule has 1 aromatic rings. The largest absolute Gasteiger partial charge is 0.465 e. The number of ether oxygens (including phenoxy) is 1. The molecule has 0 radical (unpaired) electrons. The van der Waals surface area contributed by atoms with Crippen LogP contribution in [0.3, 0.4) is 0 Å². The minimum atomic E-state index is -0.419. The smallest absolute Gasteiger partial charge is 0.337 e. The molecule has 114 valence electrons. The average molecular weight is 290 g/mol. The predicted molar refractivity (Wildman–Crippen MR) is 83.5 cm³/mol. The fraction of sp³-hybridized carbons (Fsp3) is 0.467. The van der Waals surface area contributed by atoms with Gasteiger partial charge < -0.3 is 21.1 Å². The third kappa shape index (κ3) is 3.95. The summed E-state index contributed by atoms with van der Waals surface area (Å²) in [4.78, 5) is 18.2. The van der Waals surface area contributed by atoms with Gasteiger partial charge in [0.15, 0.2) is 0 Å². The van der Waals surface area contributed by atoms with Gasteiger partial charge in [-0.3, -0.25) is 4.99 Å². The Hall–Kier alpha value is -2.08. The number of rotatable bonds is 5. The first-order chi connectivity index (χ1) is 10.1. The third-order valence-corrected chi connectivity index (χ3v) is 3.65. The molecule has 1 aliphatic heterocycles. The van der Waals surface area contributed by atoms with Crippen molar-refractivity contribution in [2.45, 2.75) is 12.8 Å². The van der Waals surface area contributed by atoms with Crippen LogP contribution in [0, 0.1) is 0 Å². The summed E-state index contributed by atoms with van der Waals surface area (Å²) in [5.41, 5.74) is 13.4. The summed E-state index contributed by atoms with van der Waals surface area (Å²) in [6.07, 6.45) is 2.53. The summed E-state index contributed by atoms with van der Waals surface area (Å²) in [5.74, 6) is -0.0130. The highest BCUT2D eigenvalue weighted by Gasteiger charge is 2.12. The van der Waals surface area contributed by atoms with E-state index in [1.54, 1.807) is 18.2 Å². The molecule has 1 aromatic carbocycles. The van der Waals surface area contributed by atoms with Gasteiger partial charge in [0, 0.05) is 17.8 Å². The van der Waals surface area contributed by atoms with Crippen LogP contribution in [0.2, 0.25) is 0 Å². The lowest BCUT2D eigenvalue weighted by molar-refractivity contribution is 0.0601. The molecule has 1 aliphatic rings. The minimum absolute atomic E-state index is 0.406. The van der Waals surface area contributed by atoms with Crippen molar-refractivity contribution in [3.05, 3.63) is 29.3 Å². The Morgan fingerprint density at radius 1 is 1.38 bits per heavy atom. The number of methoxy groups -OCH3 is 1. The van der Waals surface area contributed by atoms with Gasteiger partial charge in [0.2, 0.25) is 0 Å². The van der Waals surface area contributed by atoms with Crippen LogP contribution in [0.15, 0.2) is 23.2 Å². The summed E-state index contributed by atoms with van der Waals surface area (Å²) in [5, 5.41) is 0. The molecule has 1 fully saturated rings. The van der Waals surface area contributed by atoms with Gasteiger partial charge in [0.25, 0.3) is 0 Å². The van der Waals surface area contributed by atoms with E-state index in [2.05, 4.69) is 14.6 Å². The van der Waals surface area contributed by atoms with E-state index in [0.29, 0.717) is 29.2 Å². The summed E-state index contributed by atoms with van der Waals surface area (Å²) in [7, 11) is 1.33. The van der Waals surface area contributed by atoms with Crippen LogP contribution >= 0.6 is 0 Å². The van der Waals surface area contributed by atoms with E-state index < -0.39 is 5.97 Å². The zero-order chi connectivity index (χ0) is 15.2. The molecule has 0 amide bonds. The maximum Gasteiger partial charge on any atom is 0.337 e. The Morgan fingerprint density at radius 2 is 2.10 bits per heavy atom. The summed E-state index contributed by atoms with van der Waals surface area (Å²) < 4.78 is 4.65. The lowest BCUT2D eigenvalue weighted by Crippen LogP contribution is -2.24. The number of hydrogen-bond donors (Lipinski definition) is 2. The molecule has 1 saturated heterocycles. The predicted octanol–water partition coefficient (Wildman–Crippen LogP) is 0.857. The molecular formula is C15H22N4O2. The van der Waals surface area contributed by atoms with Gasteiger partial charge in [-0.25, -0.2) is 4.79 Å². The molecular weight excluding hydrogens is 268 g/mol. The van der Waals surface area contributed by atoms with E-state index in [-0.39, 0.29) is 0 Å². The highest BCUT2D eigenvalue weighted by Crippen LogP contribution is 2.15. The third-order valence-electron chi connectivity index (χ3n) is 3.65. The van der Waals surface area contributed by atoms with Crippen molar-refractivity contribution in [3.63, 3.8) is 0 Å². The Kier molecular flexibility index (Phi) is 5.16. The van der Waals surface area contributed by atoms with Crippen molar-refractivity contribution >= 4 is 17.5 Å². The number of nitrogens with zero attached hydrogens (tertiary/aromatic N) is 2. The number of aliphatic imine (C=N–C) groups is 1. The second-order valence-electron chi connectivity index (χ2n) is 5.11. The molecule has 21 heavy (non-hydrogen) atoms. The lowest BCUT2D eigenvalue weighted by atomic mass is 10.1. The van der Waals surface area contributed by atoms with Crippen molar-refractivity contribution in [3.8, 4) is 0 Å². The minimum Gasteiger partial charge on any atom is -0.465 e. The number of benzene rings is 1.